The first kappa shape index (κ1) is 23.8. The van der Waals surface area contributed by atoms with Gasteiger partial charge in [0.15, 0.2) is 0 Å². The molecule has 1 amide bonds. The molecule has 1 aromatic heterocycles. The predicted octanol–water partition coefficient (Wildman–Crippen LogP) is 5.61. The Balaban J connectivity index is 1.37. The standard InChI is InChI=1S/C25H26F4N4O/c1-33(2)22-14-23(32-21-6-4-3-5-18(21)22)30-16-8-10-17(11-9-16)31-24(34)15-7-12-20(26)19(13-15)25(27,28)29/h3-7,12-14,16-17H,8-11H2,1-2H3,(H,30,32)(H,31,34). The van der Waals surface area contributed by atoms with Gasteiger partial charge in [0.05, 0.1) is 11.1 Å². The Morgan fingerprint density at radius 2 is 1.68 bits per heavy atom. The van der Waals surface area contributed by atoms with Gasteiger partial charge < -0.3 is 15.5 Å². The molecule has 4 rings (SSSR count). The number of hydrogen-bond acceptors (Lipinski definition) is 4. The molecule has 5 nitrogen and oxygen atoms in total. The van der Waals surface area contributed by atoms with Crippen LogP contribution in [-0.2, 0) is 6.18 Å². The molecule has 0 bridgehead atoms. The highest BCUT2D eigenvalue weighted by Gasteiger charge is 2.35. The maximum atomic E-state index is 13.5. The van der Waals surface area contributed by atoms with E-state index < -0.39 is 23.5 Å². The molecule has 9 heteroatoms. The molecule has 1 heterocycles. The zero-order valence-corrected chi connectivity index (χ0v) is 18.9. The van der Waals surface area contributed by atoms with Crippen molar-refractivity contribution in [1.29, 1.82) is 0 Å². The third-order valence-corrected chi connectivity index (χ3v) is 6.12. The van der Waals surface area contributed by atoms with Gasteiger partial charge in [-0.05, 0) is 49.9 Å². The van der Waals surface area contributed by atoms with E-state index in [0.717, 1.165) is 41.3 Å². The lowest BCUT2D eigenvalue weighted by atomic mass is 9.91. The number of pyridine rings is 1. The molecular formula is C25H26F4N4O. The number of nitrogens with zero attached hydrogens (tertiary/aromatic N) is 2. The second-order valence-electron chi connectivity index (χ2n) is 8.80. The molecular weight excluding hydrogens is 448 g/mol. The molecule has 3 aromatic rings. The van der Waals surface area contributed by atoms with Gasteiger partial charge in [-0.1, -0.05) is 18.2 Å². The Hall–Kier alpha value is -3.36. The van der Waals surface area contributed by atoms with Crippen LogP contribution >= 0.6 is 0 Å². The minimum Gasteiger partial charge on any atom is -0.377 e. The number of carbonyl (C=O) groups excluding carboxylic acids is 1. The molecule has 0 spiro atoms. The number of anilines is 2. The van der Waals surface area contributed by atoms with Crippen molar-refractivity contribution in [3.05, 3.63) is 65.5 Å². The normalized spacial score (nSPS) is 18.5. The number of halogens is 4. The van der Waals surface area contributed by atoms with E-state index in [2.05, 4.69) is 10.6 Å². The molecule has 1 aliphatic rings. The lowest BCUT2D eigenvalue weighted by Crippen LogP contribution is -2.40. The molecule has 1 saturated carbocycles. The van der Waals surface area contributed by atoms with E-state index >= 15 is 0 Å². The lowest BCUT2D eigenvalue weighted by Gasteiger charge is -2.30. The number of aromatic nitrogens is 1. The van der Waals surface area contributed by atoms with E-state index in [0.29, 0.717) is 25.0 Å². The first-order valence-electron chi connectivity index (χ1n) is 11.1. The van der Waals surface area contributed by atoms with Crippen molar-refractivity contribution in [2.75, 3.05) is 24.3 Å². The summed E-state index contributed by atoms with van der Waals surface area (Å²) >= 11 is 0. The van der Waals surface area contributed by atoms with E-state index in [1.807, 2.05) is 49.3 Å². The molecule has 180 valence electrons. The van der Waals surface area contributed by atoms with Crippen LogP contribution in [0.2, 0.25) is 0 Å². The van der Waals surface area contributed by atoms with Gasteiger partial charge >= 0.3 is 6.18 Å². The van der Waals surface area contributed by atoms with Crippen molar-refractivity contribution >= 4 is 28.3 Å². The van der Waals surface area contributed by atoms with Crippen molar-refractivity contribution in [2.45, 2.75) is 43.9 Å². The van der Waals surface area contributed by atoms with Crippen LogP contribution in [-0.4, -0.2) is 37.1 Å². The molecule has 1 fully saturated rings. The summed E-state index contributed by atoms with van der Waals surface area (Å²) in [5, 5.41) is 7.34. The molecule has 0 saturated heterocycles. The number of nitrogens with one attached hydrogen (secondary N) is 2. The second-order valence-corrected chi connectivity index (χ2v) is 8.80. The Morgan fingerprint density at radius 3 is 2.35 bits per heavy atom. The maximum absolute atomic E-state index is 13.5. The summed E-state index contributed by atoms with van der Waals surface area (Å²) in [5.41, 5.74) is 0.319. The fraction of sp³-hybridized carbons (Fsp3) is 0.360. The van der Waals surface area contributed by atoms with Gasteiger partial charge in [-0.15, -0.1) is 0 Å². The minimum absolute atomic E-state index is 0.160. The summed E-state index contributed by atoms with van der Waals surface area (Å²) in [6, 6.07) is 12.3. The van der Waals surface area contributed by atoms with Crippen LogP contribution in [0.4, 0.5) is 29.1 Å². The largest absolute Gasteiger partial charge is 0.419 e. The van der Waals surface area contributed by atoms with Gasteiger partial charge in [0.25, 0.3) is 5.91 Å². The van der Waals surface area contributed by atoms with Crippen molar-refractivity contribution in [3.8, 4) is 0 Å². The number of para-hydroxylation sites is 1. The zero-order chi connectivity index (χ0) is 24.5. The zero-order valence-electron chi connectivity index (χ0n) is 18.9. The summed E-state index contributed by atoms with van der Waals surface area (Å²) in [7, 11) is 3.97. The van der Waals surface area contributed by atoms with Crippen molar-refractivity contribution in [1.82, 2.24) is 10.3 Å². The topological polar surface area (TPSA) is 57.3 Å². The fourth-order valence-electron chi connectivity index (χ4n) is 4.34. The highest BCUT2D eigenvalue weighted by atomic mass is 19.4. The van der Waals surface area contributed by atoms with E-state index in [1.54, 1.807) is 0 Å². The molecule has 2 aromatic carbocycles. The Kier molecular flexibility index (Phi) is 6.63. The first-order chi connectivity index (χ1) is 16.1. The summed E-state index contributed by atoms with van der Waals surface area (Å²) in [6.45, 7) is 0. The molecule has 34 heavy (non-hydrogen) atoms. The highest BCUT2D eigenvalue weighted by Crippen LogP contribution is 2.32. The Morgan fingerprint density at radius 1 is 1.00 bits per heavy atom. The van der Waals surface area contributed by atoms with Crippen LogP contribution in [0.3, 0.4) is 0 Å². The van der Waals surface area contributed by atoms with Crippen LogP contribution in [0.5, 0.6) is 0 Å². The first-order valence-corrected chi connectivity index (χ1v) is 11.1. The number of amides is 1. The van der Waals surface area contributed by atoms with Crippen LogP contribution in [0.1, 0.15) is 41.6 Å². The third-order valence-electron chi connectivity index (χ3n) is 6.12. The van der Waals surface area contributed by atoms with E-state index in [1.165, 1.54) is 0 Å². The summed E-state index contributed by atoms with van der Waals surface area (Å²) in [6.07, 6.45) is -1.97. The fourth-order valence-corrected chi connectivity index (χ4v) is 4.34. The molecule has 1 aliphatic carbocycles. The minimum atomic E-state index is -4.85. The third kappa shape index (κ3) is 5.24. The number of rotatable bonds is 5. The quantitative estimate of drug-likeness (QED) is 0.472. The molecule has 0 radical (unpaired) electrons. The number of benzene rings is 2. The Labute approximate surface area is 195 Å². The van der Waals surface area contributed by atoms with E-state index in [4.69, 9.17) is 4.98 Å². The second kappa shape index (κ2) is 9.48. The van der Waals surface area contributed by atoms with E-state index in [9.17, 15) is 22.4 Å². The van der Waals surface area contributed by atoms with Gasteiger partial charge in [-0.25, -0.2) is 9.37 Å². The van der Waals surface area contributed by atoms with Gasteiger partial charge in [-0.3, -0.25) is 4.79 Å². The number of fused-ring (bicyclic) bond motifs is 1. The van der Waals surface area contributed by atoms with Crippen LogP contribution < -0.4 is 15.5 Å². The van der Waals surface area contributed by atoms with Gasteiger partial charge in [0.1, 0.15) is 11.6 Å². The lowest BCUT2D eigenvalue weighted by molar-refractivity contribution is -0.140. The Bertz CT molecular complexity index is 1190. The number of alkyl halides is 3. The highest BCUT2D eigenvalue weighted by molar-refractivity contribution is 5.95. The monoisotopic (exact) mass is 474 g/mol. The molecule has 0 unspecified atom stereocenters. The maximum Gasteiger partial charge on any atom is 0.419 e. The van der Waals surface area contributed by atoms with Crippen LogP contribution in [0.15, 0.2) is 48.5 Å². The van der Waals surface area contributed by atoms with E-state index in [-0.39, 0.29) is 17.6 Å². The smallest absolute Gasteiger partial charge is 0.377 e. The summed E-state index contributed by atoms with van der Waals surface area (Å²) < 4.78 is 52.3. The number of hydrogen-bond donors (Lipinski definition) is 2. The van der Waals surface area contributed by atoms with Gasteiger partial charge in [-0.2, -0.15) is 13.2 Å². The average Bonchev–Trinajstić information content (AvgIpc) is 2.79. The van der Waals surface area contributed by atoms with Crippen LogP contribution in [0.25, 0.3) is 10.9 Å². The van der Waals surface area contributed by atoms with Crippen molar-refractivity contribution in [2.24, 2.45) is 0 Å². The summed E-state index contributed by atoms with van der Waals surface area (Å²) in [5.74, 6) is -1.25. The molecule has 0 atom stereocenters. The van der Waals surface area contributed by atoms with Crippen molar-refractivity contribution in [3.63, 3.8) is 0 Å². The van der Waals surface area contributed by atoms with Gasteiger partial charge in [0, 0.05) is 48.9 Å². The predicted molar refractivity (Wildman–Crippen MR) is 125 cm³/mol. The summed E-state index contributed by atoms with van der Waals surface area (Å²) in [4.78, 5) is 19.2. The SMILES string of the molecule is CN(C)c1cc(NC2CCC(NC(=O)c3ccc(F)c(C(F)(F)F)c3)CC2)nc2ccccc12. The van der Waals surface area contributed by atoms with Crippen LogP contribution in [0, 0.1) is 5.82 Å². The average molecular weight is 475 g/mol. The molecule has 0 aliphatic heterocycles. The number of carbonyl (C=O) groups is 1. The van der Waals surface area contributed by atoms with Crippen molar-refractivity contribution < 1.29 is 22.4 Å². The van der Waals surface area contributed by atoms with Gasteiger partial charge in [0.2, 0.25) is 0 Å². The molecule has 2 N–H and O–H groups in total.